The molecule has 0 saturated carbocycles. The maximum absolute atomic E-state index is 12.2. The highest BCUT2D eigenvalue weighted by Crippen LogP contribution is 2.19. The van der Waals surface area contributed by atoms with Crippen LogP contribution >= 0.6 is 0 Å². The van der Waals surface area contributed by atoms with Gasteiger partial charge in [-0.2, -0.15) is 0 Å². The van der Waals surface area contributed by atoms with Gasteiger partial charge in [-0.15, -0.1) is 0 Å². The molecule has 0 spiro atoms. The molecule has 0 radical (unpaired) electrons. The van der Waals surface area contributed by atoms with E-state index in [1.165, 1.54) is 6.08 Å². The molecule has 1 aliphatic rings. The molecule has 2 N–H and O–H groups in total. The zero-order valence-corrected chi connectivity index (χ0v) is 13.1. The zero-order chi connectivity index (χ0) is 16.0. The lowest BCUT2D eigenvalue weighted by atomic mass is 10.1. The summed E-state index contributed by atoms with van der Waals surface area (Å²) >= 11 is 0. The van der Waals surface area contributed by atoms with Gasteiger partial charge in [-0.25, -0.2) is 0 Å². The minimum Gasteiger partial charge on any atom is -0.352 e. The van der Waals surface area contributed by atoms with E-state index in [0.717, 1.165) is 6.42 Å². The molecule has 1 saturated heterocycles. The Labute approximate surface area is 125 Å². The van der Waals surface area contributed by atoms with Crippen LogP contribution < -0.4 is 10.6 Å². The lowest BCUT2D eigenvalue weighted by Gasteiger charge is -2.28. The van der Waals surface area contributed by atoms with E-state index in [4.69, 9.17) is 0 Å². The average molecular weight is 295 g/mol. The van der Waals surface area contributed by atoms with Crippen molar-refractivity contribution < 1.29 is 14.4 Å². The lowest BCUT2D eigenvalue weighted by Crippen LogP contribution is -2.51. The zero-order valence-electron chi connectivity index (χ0n) is 13.1. The number of likely N-dealkylation sites (tertiary alicyclic amines) is 1. The van der Waals surface area contributed by atoms with Crippen LogP contribution in [-0.2, 0) is 14.4 Å². The summed E-state index contributed by atoms with van der Waals surface area (Å²) in [4.78, 5) is 37.0. The molecule has 6 nitrogen and oxygen atoms in total. The van der Waals surface area contributed by atoms with Gasteiger partial charge in [0, 0.05) is 25.0 Å². The summed E-state index contributed by atoms with van der Waals surface area (Å²) in [5, 5.41) is 5.48. The molecule has 0 aromatic rings. The van der Waals surface area contributed by atoms with Crippen molar-refractivity contribution in [1.29, 1.82) is 0 Å². The van der Waals surface area contributed by atoms with Crippen LogP contribution in [0.4, 0.5) is 0 Å². The van der Waals surface area contributed by atoms with Crippen molar-refractivity contribution in [1.82, 2.24) is 15.5 Å². The average Bonchev–Trinajstić information content (AvgIpc) is 2.85. The van der Waals surface area contributed by atoms with E-state index in [1.807, 2.05) is 20.8 Å². The number of nitrogens with one attached hydrogen (secondary N) is 2. The molecule has 6 heteroatoms. The van der Waals surface area contributed by atoms with Crippen molar-refractivity contribution in [2.45, 2.75) is 51.6 Å². The van der Waals surface area contributed by atoms with Crippen molar-refractivity contribution in [3.05, 3.63) is 12.7 Å². The van der Waals surface area contributed by atoms with Crippen molar-refractivity contribution >= 4 is 17.7 Å². The molecule has 0 aliphatic carbocycles. The third kappa shape index (κ3) is 5.57. The molecule has 1 fully saturated rings. The quantitative estimate of drug-likeness (QED) is 0.728. The normalized spacial score (nSPS) is 18.2. The van der Waals surface area contributed by atoms with Gasteiger partial charge >= 0.3 is 0 Å². The first kappa shape index (κ1) is 17.2. The van der Waals surface area contributed by atoms with Crippen molar-refractivity contribution in [2.24, 2.45) is 0 Å². The van der Waals surface area contributed by atoms with Crippen LogP contribution in [0, 0.1) is 0 Å². The molecular formula is C15H25N3O3. The second-order valence-corrected chi connectivity index (χ2v) is 6.23. The molecular weight excluding hydrogens is 270 g/mol. The molecule has 0 aromatic heterocycles. The van der Waals surface area contributed by atoms with E-state index < -0.39 is 6.04 Å². The molecule has 3 amide bonds. The molecule has 1 unspecified atom stereocenters. The highest BCUT2D eigenvalue weighted by molar-refractivity contribution is 5.89. The van der Waals surface area contributed by atoms with Crippen LogP contribution in [0.2, 0.25) is 0 Å². The molecule has 1 aliphatic heterocycles. The van der Waals surface area contributed by atoms with Crippen molar-refractivity contribution in [2.75, 3.05) is 13.1 Å². The van der Waals surface area contributed by atoms with Crippen LogP contribution in [-0.4, -0.2) is 47.3 Å². The molecule has 0 bridgehead atoms. The Morgan fingerprint density at radius 3 is 2.57 bits per heavy atom. The van der Waals surface area contributed by atoms with Gasteiger partial charge in [-0.3, -0.25) is 14.4 Å². The third-order valence-electron chi connectivity index (χ3n) is 3.20. The summed E-state index contributed by atoms with van der Waals surface area (Å²) in [5.41, 5.74) is -0.313. The SMILES string of the molecule is C=CC(=O)NCCC(=O)N1CCCC1C(=O)NC(C)(C)C. The number of rotatable bonds is 5. The highest BCUT2D eigenvalue weighted by Gasteiger charge is 2.34. The number of carbonyl (C=O) groups is 3. The molecule has 1 heterocycles. The van der Waals surface area contributed by atoms with Crippen LogP contribution in [0.5, 0.6) is 0 Å². The van der Waals surface area contributed by atoms with E-state index in [-0.39, 0.29) is 36.2 Å². The number of carbonyl (C=O) groups excluding carboxylic acids is 3. The second-order valence-electron chi connectivity index (χ2n) is 6.23. The van der Waals surface area contributed by atoms with Crippen LogP contribution in [0.1, 0.15) is 40.0 Å². The molecule has 1 atom stereocenters. The van der Waals surface area contributed by atoms with Crippen LogP contribution in [0.25, 0.3) is 0 Å². The van der Waals surface area contributed by atoms with Crippen LogP contribution in [0.3, 0.4) is 0 Å². The summed E-state index contributed by atoms with van der Waals surface area (Å²) in [6, 6.07) is -0.396. The fourth-order valence-corrected chi connectivity index (χ4v) is 2.30. The smallest absolute Gasteiger partial charge is 0.243 e. The van der Waals surface area contributed by atoms with Gasteiger partial charge in [0.25, 0.3) is 0 Å². The summed E-state index contributed by atoms with van der Waals surface area (Å²) in [6.07, 6.45) is 2.87. The fraction of sp³-hybridized carbons (Fsp3) is 0.667. The summed E-state index contributed by atoms with van der Waals surface area (Å²) in [5.74, 6) is -0.513. The maximum atomic E-state index is 12.2. The fourth-order valence-electron chi connectivity index (χ4n) is 2.30. The van der Waals surface area contributed by atoms with Gasteiger partial charge in [0.2, 0.25) is 17.7 Å². The van der Waals surface area contributed by atoms with E-state index in [1.54, 1.807) is 4.90 Å². The largest absolute Gasteiger partial charge is 0.352 e. The Kier molecular flexibility index (Phi) is 5.93. The van der Waals surface area contributed by atoms with Gasteiger partial charge in [0.05, 0.1) is 0 Å². The number of amides is 3. The Balaban J connectivity index is 2.52. The summed E-state index contributed by atoms with van der Waals surface area (Å²) in [6.45, 7) is 9.94. The summed E-state index contributed by atoms with van der Waals surface area (Å²) < 4.78 is 0. The number of nitrogens with zero attached hydrogens (tertiary/aromatic N) is 1. The first-order chi connectivity index (χ1) is 9.74. The predicted octanol–water partition coefficient (Wildman–Crippen LogP) is 0.584. The predicted molar refractivity (Wildman–Crippen MR) is 80.5 cm³/mol. The summed E-state index contributed by atoms with van der Waals surface area (Å²) in [7, 11) is 0. The van der Waals surface area contributed by atoms with Gasteiger partial charge in [-0.1, -0.05) is 6.58 Å². The van der Waals surface area contributed by atoms with E-state index in [9.17, 15) is 14.4 Å². The number of hydrogen-bond acceptors (Lipinski definition) is 3. The Morgan fingerprint density at radius 2 is 2.00 bits per heavy atom. The minimum absolute atomic E-state index is 0.106. The molecule has 0 aromatic carbocycles. The van der Waals surface area contributed by atoms with Crippen LogP contribution in [0.15, 0.2) is 12.7 Å². The second kappa shape index (κ2) is 7.24. The van der Waals surface area contributed by atoms with Gasteiger partial charge < -0.3 is 15.5 Å². The van der Waals surface area contributed by atoms with Gasteiger partial charge in [-0.05, 0) is 39.7 Å². The topological polar surface area (TPSA) is 78.5 Å². The lowest BCUT2D eigenvalue weighted by molar-refractivity contribution is -0.139. The first-order valence-electron chi connectivity index (χ1n) is 7.26. The van der Waals surface area contributed by atoms with E-state index in [0.29, 0.717) is 13.0 Å². The molecule has 1 rings (SSSR count). The van der Waals surface area contributed by atoms with Crippen molar-refractivity contribution in [3.63, 3.8) is 0 Å². The Morgan fingerprint density at radius 1 is 1.33 bits per heavy atom. The van der Waals surface area contributed by atoms with Crippen molar-refractivity contribution in [3.8, 4) is 0 Å². The minimum atomic E-state index is -0.396. The highest BCUT2D eigenvalue weighted by atomic mass is 16.2. The Hall–Kier alpha value is -1.85. The first-order valence-corrected chi connectivity index (χ1v) is 7.26. The molecule has 118 valence electrons. The monoisotopic (exact) mass is 295 g/mol. The third-order valence-corrected chi connectivity index (χ3v) is 3.20. The number of hydrogen-bond donors (Lipinski definition) is 2. The molecule has 21 heavy (non-hydrogen) atoms. The van der Waals surface area contributed by atoms with Gasteiger partial charge in [0.1, 0.15) is 6.04 Å². The standard InChI is InChI=1S/C15H25N3O3/c1-5-12(19)16-9-8-13(20)18-10-6-7-11(18)14(21)17-15(2,3)4/h5,11H,1,6-10H2,2-4H3,(H,16,19)(H,17,21). The van der Waals surface area contributed by atoms with E-state index in [2.05, 4.69) is 17.2 Å². The van der Waals surface area contributed by atoms with E-state index >= 15 is 0 Å². The maximum Gasteiger partial charge on any atom is 0.243 e. The Bertz CT molecular complexity index is 426. The van der Waals surface area contributed by atoms with Gasteiger partial charge in [0.15, 0.2) is 0 Å².